The highest BCUT2D eigenvalue weighted by Crippen LogP contribution is 2.08. The molecule has 2 amide bonds. The second kappa shape index (κ2) is 5.41. The summed E-state index contributed by atoms with van der Waals surface area (Å²) in [6.45, 7) is 0. The highest BCUT2D eigenvalue weighted by atomic mass is 35.5. The van der Waals surface area contributed by atoms with Crippen molar-refractivity contribution in [1.29, 1.82) is 0 Å². The minimum Gasteiger partial charge on any atom is -0.272 e. The standard InChI is InChI=1S/C9H7ClF2N2O2/c10-4-8(15)13-14-9(16)5-1-2-6(11)7(12)3-5/h1-3H,4H2,(H,13,15)(H,14,16). The average molecular weight is 249 g/mol. The van der Waals surface area contributed by atoms with Crippen LogP contribution in [0.15, 0.2) is 18.2 Å². The maximum atomic E-state index is 12.7. The zero-order valence-corrected chi connectivity index (χ0v) is 8.65. The van der Waals surface area contributed by atoms with E-state index in [1.54, 1.807) is 0 Å². The minimum atomic E-state index is -1.14. The summed E-state index contributed by atoms with van der Waals surface area (Å²) in [5, 5.41) is 0. The molecule has 0 unspecified atom stereocenters. The lowest BCUT2D eigenvalue weighted by Gasteiger charge is -2.05. The molecule has 0 atom stereocenters. The van der Waals surface area contributed by atoms with E-state index in [2.05, 4.69) is 0 Å². The Hall–Kier alpha value is -1.69. The Morgan fingerprint density at radius 1 is 1.19 bits per heavy atom. The normalized spacial score (nSPS) is 9.69. The van der Waals surface area contributed by atoms with Crippen molar-refractivity contribution in [3.05, 3.63) is 35.4 Å². The summed E-state index contributed by atoms with van der Waals surface area (Å²) in [6.07, 6.45) is 0. The number of hydrazine groups is 1. The van der Waals surface area contributed by atoms with E-state index in [0.717, 1.165) is 18.2 Å². The Morgan fingerprint density at radius 2 is 1.88 bits per heavy atom. The van der Waals surface area contributed by atoms with E-state index in [9.17, 15) is 18.4 Å². The van der Waals surface area contributed by atoms with E-state index in [-0.39, 0.29) is 11.4 Å². The summed E-state index contributed by atoms with van der Waals surface area (Å²) in [7, 11) is 0. The van der Waals surface area contributed by atoms with E-state index in [1.165, 1.54) is 0 Å². The summed E-state index contributed by atoms with van der Waals surface area (Å²) in [5.74, 6) is -3.90. The molecule has 16 heavy (non-hydrogen) atoms. The fraction of sp³-hybridized carbons (Fsp3) is 0.111. The van der Waals surface area contributed by atoms with Crippen molar-refractivity contribution < 1.29 is 18.4 Å². The van der Waals surface area contributed by atoms with E-state index >= 15 is 0 Å². The van der Waals surface area contributed by atoms with Gasteiger partial charge in [-0.2, -0.15) is 0 Å². The van der Waals surface area contributed by atoms with Gasteiger partial charge < -0.3 is 0 Å². The third kappa shape index (κ3) is 3.16. The van der Waals surface area contributed by atoms with Crippen LogP contribution in [-0.4, -0.2) is 17.7 Å². The Morgan fingerprint density at radius 3 is 2.44 bits per heavy atom. The largest absolute Gasteiger partial charge is 0.272 e. The van der Waals surface area contributed by atoms with Crippen LogP contribution < -0.4 is 10.9 Å². The van der Waals surface area contributed by atoms with Gasteiger partial charge in [0.2, 0.25) is 0 Å². The smallest absolute Gasteiger partial charge is 0.269 e. The first kappa shape index (κ1) is 12.4. The lowest BCUT2D eigenvalue weighted by Crippen LogP contribution is -2.42. The molecule has 0 aliphatic heterocycles. The van der Waals surface area contributed by atoms with Crippen molar-refractivity contribution in [2.45, 2.75) is 0 Å². The van der Waals surface area contributed by atoms with Crippen LogP contribution in [0.1, 0.15) is 10.4 Å². The van der Waals surface area contributed by atoms with Gasteiger partial charge in [-0.3, -0.25) is 20.4 Å². The van der Waals surface area contributed by atoms with Crippen LogP contribution in [0.2, 0.25) is 0 Å². The highest BCUT2D eigenvalue weighted by Gasteiger charge is 2.09. The monoisotopic (exact) mass is 248 g/mol. The Kier molecular flexibility index (Phi) is 4.19. The summed E-state index contributed by atoms with van der Waals surface area (Å²) < 4.78 is 25.3. The van der Waals surface area contributed by atoms with Crippen LogP contribution in [0.25, 0.3) is 0 Å². The molecule has 0 aromatic heterocycles. The number of alkyl halides is 1. The van der Waals surface area contributed by atoms with Crippen molar-refractivity contribution in [1.82, 2.24) is 10.9 Å². The topological polar surface area (TPSA) is 58.2 Å². The van der Waals surface area contributed by atoms with Crippen LogP contribution in [0, 0.1) is 11.6 Å². The fourth-order valence-corrected chi connectivity index (χ4v) is 0.936. The molecule has 0 saturated heterocycles. The number of hydrogen-bond donors (Lipinski definition) is 2. The summed E-state index contributed by atoms with van der Waals surface area (Å²) in [4.78, 5) is 21.9. The van der Waals surface area contributed by atoms with Crippen molar-refractivity contribution >= 4 is 23.4 Å². The van der Waals surface area contributed by atoms with Gasteiger partial charge in [0.25, 0.3) is 11.8 Å². The van der Waals surface area contributed by atoms with Gasteiger partial charge in [0, 0.05) is 5.56 Å². The number of nitrogens with one attached hydrogen (secondary N) is 2. The molecule has 2 N–H and O–H groups in total. The molecule has 86 valence electrons. The molecular weight excluding hydrogens is 242 g/mol. The van der Waals surface area contributed by atoms with Crippen LogP contribution in [0.5, 0.6) is 0 Å². The van der Waals surface area contributed by atoms with Gasteiger partial charge in [0.1, 0.15) is 5.88 Å². The number of amides is 2. The highest BCUT2D eigenvalue weighted by molar-refractivity contribution is 6.27. The van der Waals surface area contributed by atoms with Crippen LogP contribution in [-0.2, 0) is 4.79 Å². The maximum Gasteiger partial charge on any atom is 0.269 e. The molecule has 0 fully saturated rings. The molecule has 0 radical (unpaired) electrons. The lowest BCUT2D eigenvalue weighted by atomic mass is 10.2. The second-order valence-electron chi connectivity index (χ2n) is 2.76. The number of carbonyl (C=O) groups excluding carboxylic acids is 2. The van der Waals surface area contributed by atoms with Crippen LogP contribution >= 0.6 is 11.6 Å². The maximum absolute atomic E-state index is 12.7. The molecule has 0 spiro atoms. The van der Waals surface area contributed by atoms with Gasteiger partial charge in [-0.25, -0.2) is 8.78 Å². The van der Waals surface area contributed by atoms with Crippen LogP contribution in [0.4, 0.5) is 8.78 Å². The van der Waals surface area contributed by atoms with Gasteiger partial charge in [-0.1, -0.05) is 0 Å². The zero-order valence-electron chi connectivity index (χ0n) is 7.89. The summed E-state index contributed by atoms with van der Waals surface area (Å²) in [6, 6.07) is 2.62. The van der Waals surface area contributed by atoms with Crippen molar-refractivity contribution in [3.8, 4) is 0 Å². The average Bonchev–Trinajstić information content (AvgIpc) is 2.29. The third-order valence-corrected chi connectivity index (χ3v) is 1.86. The Labute approximate surface area is 94.6 Å². The van der Waals surface area contributed by atoms with Gasteiger partial charge in [-0.15, -0.1) is 11.6 Å². The van der Waals surface area contributed by atoms with Crippen molar-refractivity contribution in [3.63, 3.8) is 0 Å². The van der Waals surface area contributed by atoms with Crippen molar-refractivity contribution in [2.24, 2.45) is 0 Å². The molecule has 1 rings (SSSR count). The van der Waals surface area contributed by atoms with E-state index in [4.69, 9.17) is 11.6 Å². The van der Waals surface area contributed by atoms with Crippen LogP contribution in [0.3, 0.4) is 0 Å². The number of rotatable bonds is 2. The van der Waals surface area contributed by atoms with E-state index in [0.29, 0.717) is 0 Å². The first-order chi connectivity index (χ1) is 7.54. The minimum absolute atomic E-state index is 0.117. The van der Waals surface area contributed by atoms with Crippen molar-refractivity contribution in [2.75, 3.05) is 5.88 Å². The molecule has 1 aromatic carbocycles. The molecule has 0 bridgehead atoms. The molecule has 4 nitrogen and oxygen atoms in total. The van der Waals surface area contributed by atoms with Gasteiger partial charge >= 0.3 is 0 Å². The third-order valence-electron chi connectivity index (χ3n) is 1.62. The first-order valence-corrected chi connectivity index (χ1v) is 4.68. The lowest BCUT2D eigenvalue weighted by molar-refractivity contribution is -0.119. The quantitative estimate of drug-likeness (QED) is 0.605. The Bertz CT molecular complexity index is 426. The SMILES string of the molecule is O=C(CCl)NNC(=O)c1ccc(F)c(F)c1. The van der Waals surface area contributed by atoms with Gasteiger partial charge in [0.05, 0.1) is 0 Å². The van der Waals surface area contributed by atoms with Gasteiger partial charge in [0.15, 0.2) is 11.6 Å². The van der Waals surface area contributed by atoms with E-state index < -0.39 is 23.4 Å². The molecule has 0 heterocycles. The zero-order chi connectivity index (χ0) is 12.1. The molecule has 0 aliphatic rings. The molecular formula is C9H7ClF2N2O2. The first-order valence-electron chi connectivity index (χ1n) is 4.15. The molecule has 0 aliphatic carbocycles. The molecule has 1 aromatic rings. The summed E-state index contributed by atoms with van der Waals surface area (Å²) >= 11 is 5.15. The molecule has 7 heteroatoms. The summed E-state index contributed by atoms with van der Waals surface area (Å²) in [5.41, 5.74) is 3.85. The predicted octanol–water partition coefficient (Wildman–Crippen LogP) is 0.965. The Balaban J connectivity index is 2.66. The molecule has 0 saturated carbocycles. The van der Waals surface area contributed by atoms with Gasteiger partial charge in [-0.05, 0) is 18.2 Å². The number of halogens is 3. The number of carbonyl (C=O) groups is 2. The van der Waals surface area contributed by atoms with E-state index in [1.807, 2.05) is 10.9 Å². The number of hydrogen-bond acceptors (Lipinski definition) is 2. The number of benzene rings is 1. The fourth-order valence-electron chi connectivity index (χ4n) is 0.869. The second-order valence-corrected chi connectivity index (χ2v) is 3.03. The predicted molar refractivity (Wildman–Crippen MR) is 52.7 cm³/mol.